The Bertz CT molecular complexity index is 968. The molecule has 0 saturated carbocycles. The zero-order valence-electron chi connectivity index (χ0n) is 13.9. The summed E-state index contributed by atoms with van der Waals surface area (Å²) >= 11 is 6.23. The van der Waals surface area contributed by atoms with Crippen molar-refractivity contribution in [1.82, 2.24) is 0 Å². The summed E-state index contributed by atoms with van der Waals surface area (Å²) in [4.78, 5) is 24.4. The zero-order chi connectivity index (χ0) is 20.3. The first-order valence-electron chi connectivity index (χ1n) is 7.78. The first-order chi connectivity index (χ1) is 13.3. The molecule has 28 heavy (non-hydrogen) atoms. The van der Waals surface area contributed by atoms with Crippen LogP contribution >= 0.6 is 31.9 Å². The molecule has 0 aromatic heterocycles. The topological polar surface area (TPSA) is 52.6 Å². The van der Waals surface area contributed by atoms with Crippen molar-refractivity contribution < 1.29 is 27.8 Å². The molecule has 4 nitrogen and oxygen atoms in total. The molecule has 0 unspecified atom stereocenters. The fourth-order valence-electron chi connectivity index (χ4n) is 2.18. The number of rotatable bonds is 4. The van der Waals surface area contributed by atoms with Crippen LogP contribution in [0.25, 0.3) is 0 Å². The maximum absolute atomic E-state index is 13.1. The molecule has 3 aromatic carbocycles. The number of carbonyl (C=O) groups excluding carboxylic acids is 2. The van der Waals surface area contributed by atoms with Gasteiger partial charge in [0.15, 0.2) is 0 Å². The predicted molar refractivity (Wildman–Crippen MR) is 105 cm³/mol. The molecular weight excluding hydrogens is 502 g/mol. The molecule has 3 rings (SSSR count). The highest BCUT2D eigenvalue weighted by atomic mass is 79.9. The predicted octanol–water partition coefficient (Wildman–Crippen LogP) is 5.93. The lowest BCUT2D eigenvalue weighted by Gasteiger charge is -2.08. The minimum absolute atomic E-state index is 0.163. The fourth-order valence-corrected chi connectivity index (χ4v) is 3.04. The van der Waals surface area contributed by atoms with Gasteiger partial charge in [0.2, 0.25) is 0 Å². The molecule has 8 heteroatoms. The van der Waals surface area contributed by atoms with Crippen molar-refractivity contribution in [2.45, 2.75) is 0 Å². The van der Waals surface area contributed by atoms with Crippen molar-refractivity contribution in [1.29, 1.82) is 0 Å². The third kappa shape index (κ3) is 4.82. The van der Waals surface area contributed by atoms with Crippen molar-refractivity contribution in [2.75, 3.05) is 0 Å². The Morgan fingerprint density at radius 1 is 0.643 bits per heavy atom. The van der Waals surface area contributed by atoms with E-state index in [0.29, 0.717) is 8.95 Å². The zero-order valence-corrected chi connectivity index (χ0v) is 17.1. The molecule has 142 valence electrons. The number of hydrogen-bond acceptors (Lipinski definition) is 4. The fraction of sp³-hybridized carbons (Fsp3) is 0. The van der Waals surface area contributed by atoms with Crippen molar-refractivity contribution in [3.8, 4) is 11.5 Å². The maximum Gasteiger partial charge on any atom is 0.343 e. The van der Waals surface area contributed by atoms with E-state index in [1.165, 1.54) is 60.7 Å². The third-order valence-electron chi connectivity index (χ3n) is 3.55. The van der Waals surface area contributed by atoms with E-state index in [9.17, 15) is 18.4 Å². The molecule has 0 saturated heterocycles. The molecule has 0 heterocycles. The Labute approximate surface area is 175 Å². The van der Waals surface area contributed by atoms with Crippen LogP contribution in [0.2, 0.25) is 0 Å². The molecule has 0 N–H and O–H groups in total. The van der Waals surface area contributed by atoms with Gasteiger partial charge in [-0.1, -0.05) is 0 Å². The average Bonchev–Trinajstić information content (AvgIpc) is 2.66. The summed E-state index contributed by atoms with van der Waals surface area (Å²) in [6, 6.07) is 12.9. The summed E-state index contributed by atoms with van der Waals surface area (Å²) in [5.41, 5.74) is 0.381. The van der Waals surface area contributed by atoms with Gasteiger partial charge in [-0.05, 0) is 92.5 Å². The van der Waals surface area contributed by atoms with E-state index >= 15 is 0 Å². The highest BCUT2D eigenvalue weighted by Crippen LogP contribution is 2.27. The van der Waals surface area contributed by atoms with E-state index in [1.807, 2.05) is 0 Å². The normalized spacial score (nSPS) is 10.4. The van der Waals surface area contributed by atoms with Crippen molar-refractivity contribution in [2.24, 2.45) is 0 Å². The van der Waals surface area contributed by atoms with Gasteiger partial charge in [-0.2, -0.15) is 0 Å². The lowest BCUT2D eigenvalue weighted by atomic mass is 10.1. The molecule has 0 bridgehead atoms. The minimum atomic E-state index is -0.673. The number of benzene rings is 3. The van der Waals surface area contributed by atoms with Crippen LogP contribution in [0.5, 0.6) is 11.5 Å². The smallest absolute Gasteiger partial charge is 0.343 e. The number of halogens is 4. The largest absolute Gasteiger partial charge is 0.422 e. The van der Waals surface area contributed by atoms with Crippen LogP contribution < -0.4 is 9.47 Å². The summed E-state index contributed by atoms with van der Waals surface area (Å²) in [7, 11) is 0. The van der Waals surface area contributed by atoms with Crippen LogP contribution in [0.1, 0.15) is 20.7 Å². The molecule has 0 radical (unpaired) electrons. The Kier molecular flexibility index (Phi) is 6.21. The number of hydrogen-bond donors (Lipinski definition) is 0. The van der Waals surface area contributed by atoms with Gasteiger partial charge in [0.25, 0.3) is 0 Å². The van der Waals surface area contributed by atoms with E-state index in [1.54, 1.807) is 0 Å². The first-order valence-corrected chi connectivity index (χ1v) is 9.36. The Morgan fingerprint density at radius 3 is 1.32 bits per heavy atom. The number of esters is 2. The molecule has 0 aliphatic carbocycles. The van der Waals surface area contributed by atoms with Gasteiger partial charge < -0.3 is 9.47 Å². The van der Waals surface area contributed by atoms with Crippen LogP contribution in [-0.2, 0) is 0 Å². The lowest BCUT2D eigenvalue weighted by Crippen LogP contribution is -2.11. The van der Waals surface area contributed by atoms with Gasteiger partial charge in [0.05, 0.1) is 20.1 Å². The molecule has 0 amide bonds. The maximum atomic E-state index is 13.1. The van der Waals surface area contributed by atoms with Crippen LogP contribution in [0.3, 0.4) is 0 Å². The quantitative estimate of drug-likeness (QED) is 0.322. The monoisotopic (exact) mass is 510 g/mol. The van der Waals surface area contributed by atoms with Crippen molar-refractivity contribution in [3.05, 3.63) is 92.4 Å². The molecule has 0 aliphatic rings. The highest BCUT2D eigenvalue weighted by molar-refractivity contribution is 9.10. The van der Waals surface area contributed by atoms with E-state index in [4.69, 9.17) is 9.47 Å². The van der Waals surface area contributed by atoms with E-state index in [0.717, 1.165) is 0 Å². The van der Waals surface area contributed by atoms with Gasteiger partial charge in [0.1, 0.15) is 23.1 Å². The highest BCUT2D eigenvalue weighted by Gasteiger charge is 2.15. The van der Waals surface area contributed by atoms with Crippen molar-refractivity contribution >= 4 is 43.8 Å². The molecular formula is C20H10Br2F2O4. The van der Waals surface area contributed by atoms with E-state index in [-0.39, 0.29) is 22.6 Å². The molecule has 0 atom stereocenters. The molecule has 3 aromatic rings. The van der Waals surface area contributed by atoms with Gasteiger partial charge in [-0.25, -0.2) is 18.4 Å². The van der Waals surface area contributed by atoms with Crippen LogP contribution in [0, 0.1) is 11.6 Å². The van der Waals surface area contributed by atoms with Gasteiger partial charge in [0, 0.05) is 0 Å². The second-order valence-corrected chi connectivity index (χ2v) is 7.21. The average molecular weight is 512 g/mol. The van der Waals surface area contributed by atoms with Crippen LogP contribution in [0.15, 0.2) is 69.6 Å². The second-order valence-electron chi connectivity index (χ2n) is 5.51. The Balaban J connectivity index is 1.70. The van der Waals surface area contributed by atoms with Crippen LogP contribution in [0.4, 0.5) is 8.78 Å². The number of ether oxygens (including phenoxy) is 2. The molecule has 0 aliphatic heterocycles. The van der Waals surface area contributed by atoms with E-state index in [2.05, 4.69) is 31.9 Å². The molecule has 0 spiro atoms. The summed E-state index contributed by atoms with van der Waals surface area (Å²) in [5.74, 6) is -1.96. The first kappa shape index (κ1) is 20.2. The van der Waals surface area contributed by atoms with E-state index < -0.39 is 23.6 Å². The summed E-state index contributed by atoms with van der Waals surface area (Å²) < 4.78 is 37.2. The Hall–Kier alpha value is -2.58. The second kappa shape index (κ2) is 8.62. The minimum Gasteiger partial charge on any atom is -0.422 e. The van der Waals surface area contributed by atoms with Gasteiger partial charge >= 0.3 is 11.9 Å². The summed E-state index contributed by atoms with van der Waals surface area (Å²) in [6.07, 6.45) is 0. The van der Waals surface area contributed by atoms with Crippen molar-refractivity contribution in [3.63, 3.8) is 0 Å². The standard InChI is InChI=1S/C20H10Br2F2O4/c21-15-9-13(23)5-7-17(15)27-19(25)11-1-2-12(4-3-11)20(26)28-18-8-6-14(24)10-16(18)22/h1-10H. The summed E-state index contributed by atoms with van der Waals surface area (Å²) in [6.45, 7) is 0. The lowest BCUT2D eigenvalue weighted by molar-refractivity contribution is 0.0719. The third-order valence-corrected chi connectivity index (χ3v) is 4.79. The number of carbonyl (C=O) groups is 2. The van der Waals surface area contributed by atoms with Gasteiger partial charge in [-0.3, -0.25) is 0 Å². The van der Waals surface area contributed by atoms with Gasteiger partial charge in [-0.15, -0.1) is 0 Å². The SMILES string of the molecule is O=C(Oc1ccc(F)cc1Br)c1ccc(C(=O)Oc2ccc(F)cc2Br)cc1. The summed E-state index contributed by atoms with van der Waals surface area (Å²) in [5, 5.41) is 0. The molecule has 0 fully saturated rings. The van der Waals surface area contributed by atoms with Crippen LogP contribution in [-0.4, -0.2) is 11.9 Å². The Morgan fingerprint density at radius 2 is 1.00 bits per heavy atom.